The van der Waals surface area contributed by atoms with Crippen molar-refractivity contribution in [3.63, 3.8) is 0 Å². The molecule has 0 radical (unpaired) electrons. The van der Waals surface area contributed by atoms with Crippen LogP contribution in [0, 0.1) is 10.1 Å². The van der Waals surface area contributed by atoms with Crippen molar-refractivity contribution >= 4 is 11.5 Å². The number of methoxy groups -OCH3 is 1. The van der Waals surface area contributed by atoms with Gasteiger partial charge in [0.25, 0.3) is 5.69 Å². The normalized spacial score (nSPS) is 11.7. The number of rotatable bonds is 6. The predicted molar refractivity (Wildman–Crippen MR) is 80.7 cm³/mol. The van der Waals surface area contributed by atoms with E-state index in [1.54, 1.807) is 13.2 Å². The highest BCUT2D eigenvalue weighted by atomic mass is 16.6. The SMILES string of the molecule is COc1ccccc1CC(C)Nc1ccc([N+](=O)[O-])cn1. The third-order valence-corrected chi connectivity index (χ3v) is 3.07. The van der Waals surface area contributed by atoms with Gasteiger partial charge in [-0.05, 0) is 31.0 Å². The fraction of sp³-hybridized carbons (Fsp3) is 0.267. The third-order valence-electron chi connectivity index (χ3n) is 3.07. The molecule has 21 heavy (non-hydrogen) atoms. The summed E-state index contributed by atoms with van der Waals surface area (Å²) in [7, 11) is 1.65. The lowest BCUT2D eigenvalue weighted by Crippen LogP contribution is -2.19. The zero-order valence-electron chi connectivity index (χ0n) is 11.9. The number of aromatic nitrogens is 1. The number of anilines is 1. The smallest absolute Gasteiger partial charge is 0.287 e. The van der Waals surface area contributed by atoms with E-state index in [-0.39, 0.29) is 11.7 Å². The average molecular weight is 287 g/mol. The summed E-state index contributed by atoms with van der Waals surface area (Å²) in [6.45, 7) is 2.02. The first kappa shape index (κ1) is 14.8. The number of pyridine rings is 1. The van der Waals surface area contributed by atoms with Crippen molar-refractivity contribution in [3.05, 3.63) is 58.3 Å². The minimum atomic E-state index is -0.463. The van der Waals surface area contributed by atoms with E-state index in [0.29, 0.717) is 5.82 Å². The maximum Gasteiger partial charge on any atom is 0.287 e. The van der Waals surface area contributed by atoms with E-state index >= 15 is 0 Å². The summed E-state index contributed by atoms with van der Waals surface area (Å²) < 4.78 is 5.32. The monoisotopic (exact) mass is 287 g/mol. The topological polar surface area (TPSA) is 77.3 Å². The molecule has 0 bridgehead atoms. The molecule has 2 rings (SSSR count). The predicted octanol–water partition coefficient (Wildman–Crippen LogP) is 3.04. The average Bonchev–Trinajstić information content (AvgIpc) is 2.48. The molecule has 0 amide bonds. The Balaban J connectivity index is 2.01. The molecule has 1 heterocycles. The van der Waals surface area contributed by atoms with Gasteiger partial charge in [0.2, 0.25) is 0 Å². The fourth-order valence-corrected chi connectivity index (χ4v) is 2.08. The molecule has 6 nitrogen and oxygen atoms in total. The summed E-state index contributed by atoms with van der Waals surface area (Å²) in [5, 5.41) is 13.8. The quantitative estimate of drug-likeness (QED) is 0.652. The van der Waals surface area contributed by atoms with E-state index < -0.39 is 4.92 Å². The van der Waals surface area contributed by atoms with Crippen molar-refractivity contribution in [2.45, 2.75) is 19.4 Å². The minimum Gasteiger partial charge on any atom is -0.496 e. The van der Waals surface area contributed by atoms with Gasteiger partial charge in [0.05, 0.1) is 12.0 Å². The molecule has 1 atom stereocenters. The van der Waals surface area contributed by atoms with E-state index in [4.69, 9.17) is 4.74 Å². The van der Waals surface area contributed by atoms with Crippen LogP contribution in [0.15, 0.2) is 42.6 Å². The summed E-state index contributed by atoms with van der Waals surface area (Å²) in [4.78, 5) is 14.2. The summed E-state index contributed by atoms with van der Waals surface area (Å²) in [5.41, 5.74) is 1.08. The van der Waals surface area contributed by atoms with Crippen LogP contribution < -0.4 is 10.1 Å². The van der Waals surface area contributed by atoms with Crippen molar-refractivity contribution < 1.29 is 9.66 Å². The van der Waals surface area contributed by atoms with Crippen molar-refractivity contribution in [1.82, 2.24) is 4.98 Å². The lowest BCUT2D eigenvalue weighted by molar-refractivity contribution is -0.385. The van der Waals surface area contributed by atoms with Crippen molar-refractivity contribution in [1.29, 1.82) is 0 Å². The Morgan fingerprint density at radius 3 is 2.71 bits per heavy atom. The Hall–Kier alpha value is -2.63. The molecule has 0 saturated heterocycles. The van der Waals surface area contributed by atoms with Crippen LogP contribution >= 0.6 is 0 Å². The highest BCUT2D eigenvalue weighted by molar-refractivity contribution is 5.42. The van der Waals surface area contributed by atoms with Gasteiger partial charge in [-0.25, -0.2) is 4.98 Å². The maximum atomic E-state index is 10.6. The van der Waals surface area contributed by atoms with E-state index in [1.165, 1.54) is 12.3 Å². The summed E-state index contributed by atoms with van der Waals surface area (Å²) in [6.07, 6.45) is 2.01. The molecule has 0 fully saturated rings. The van der Waals surface area contributed by atoms with Crippen molar-refractivity contribution in [2.24, 2.45) is 0 Å². The molecular weight excluding hydrogens is 270 g/mol. The summed E-state index contributed by atoms with van der Waals surface area (Å²) in [6, 6.07) is 11.0. The van der Waals surface area contributed by atoms with Gasteiger partial charge < -0.3 is 10.1 Å². The van der Waals surface area contributed by atoms with E-state index in [9.17, 15) is 10.1 Å². The summed E-state index contributed by atoms with van der Waals surface area (Å²) >= 11 is 0. The molecule has 0 saturated carbocycles. The summed E-state index contributed by atoms with van der Waals surface area (Å²) in [5.74, 6) is 1.46. The third kappa shape index (κ3) is 3.92. The van der Waals surface area contributed by atoms with E-state index in [2.05, 4.69) is 10.3 Å². The zero-order chi connectivity index (χ0) is 15.2. The first-order chi connectivity index (χ1) is 10.1. The second-order valence-electron chi connectivity index (χ2n) is 4.72. The number of benzene rings is 1. The van der Waals surface area contributed by atoms with Gasteiger partial charge in [-0.15, -0.1) is 0 Å². The first-order valence-corrected chi connectivity index (χ1v) is 6.59. The number of nitro groups is 1. The molecular formula is C15H17N3O3. The lowest BCUT2D eigenvalue weighted by atomic mass is 10.1. The van der Waals surface area contributed by atoms with Crippen LogP contribution in [0.25, 0.3) is 0 Å². The highest BCUT2D eigenvalue weighted by Crippen LogP contribution is 2.20. The lowest BCUT2D eigenvalue weighted by Gasteiger charge is -2.16. The Morgan fingerprint density at radius 2 is 2.10 bits per heavy atom. The van der Waals surface area contributed by atoms with Gasteiger partial charge in [0, 0.05) is 12.1 Å². The molecule has 0 spiro atoms. The van der Waals surface area contributed by atoms with Gasteiger partial charge in [0.1, 0.15) is 17.8 Å². The van der Waals surface area contributed by atoms with Gasteiger partial charge in [-0.3, -0.25) is 10.1 Å². The van der Waals surface area contributed by atoms with Gasteiger partial charge in [-0.1, -0.05) is 18.2 Å². The van der Waals surface area contributed by atoms with Crippen LogP contribution in [0.3, 0.4) is 0 Å². The molecule has 1 aromatic heterocycles. The second kappa shape index (κ2) is 6.69. The Morgan fingerprint density at radius 1 is 1.33 bits per heavy atom. The van der Waals surface area contributed by atoms with Crippen LogP contribution in [0.2, 0.25) is 0 Å². The fourth-order valence-electron chi connectivity index (χ4n) is 2.08. The maximum absolute atomic E-state index is 10.6. The Bertz CT molecular complexity index is 614. The number of ether oxygens (including phenoxy) is 1. The molecule has 0 aliphatic heterocycles. The molecule has 0 aliphatic carbocycles. The van der Waals surface area contributed by atoms with Crippen LogP contribution in [-0.4, -0.2) is 23.1 Å². The van der Waals surface area contributed by atoms with Crippen molar-refractivity contribution in [3.8, 4) is 5.75 Å². The number of hydrogen-bond donors (Lipinski definition) is 1. The molecule has 2 aromatic rings. The Labute approximate surface area is 122 Å². The number of para-hydroxylation sites is 1. The first-order valence-electron chi connectivity index (χ1n) is 6.59. The number of nitrogens with one attached hydrogen (secondary N) is 1. The van der Waals surface area contributed by atoms with Crippen LogP contribution in [-0.2, 0) is 6.42 Å². The van der Waals surface area contributed by atoms with E-state index in [0.717, 1.165) is 17.7 Å². The van der Waals surface area contributed by atoms with E-state index in [1.807, 2.05) is 31.2 Å². The zero-order valence-corrected chi connectivity index (χ0v) is 11.9. The standard InChI is InChI=1S/C15H17N3O3/c1-11(9-12-5-3-4-6-14(12)21-2)17-15-8-7-13(10-16-15)18(19)20/h3-8,10-11H,9H2,1-2H3,(H,16,17). The number of hydrogen-bond acceptors (Lipinski definition) is 5. The van der Waals surface area contributed by atoms with Gasteiger partial charge in [-0.2, -0.15) is 0 Å². The van der Waals surface area contributed by atoms with Gasteiger partial charge >= 0.3 is 0 Å². The highest BCUT2D eigenvalue weighted by Gasteiger charge is 2.10. The van der Waals surface area contributed by atoms with Crippen LogP contribution in [0.4, 0.5) is 11.5 Å². The molecule has 1 unspecified atom stereocenters. The largest absolute Gasteiger partial charge is 0.496 e. The molecule has 110 valence electrons. The number of nitrogens with zero attached hydrogens (tertiary/aromatic N) is 2. The van der Waals surface area contributed by atoms with Crippen LogP contribution in [0.5, 0.6) is 5.75 Å². The molecule has 1 aromatic carbocycles. The molecule has 0 aliphatic rings. The second-order valence-corrected chi connectivity index (χ2v) is 4.72. The molecule has 6 heteroatoms. The van der Waals surface area contributed by atoms with Gasteiger partial charge in [0.15, 0.2) is 0 Å². The van der Waals surface area contributed by atoms with Crippen LogP contribution in [0.1, 0.15) is 12.5 Å². The minimum absolute atomic E-state index is 0.0158. The Kier molecular flexibility index (Phi) is 4.71. The molecule has 1 N–H and O–H groups in total. The van der Waals surface area contributed by atoms with Crippen molar-refractivity contribution in [2.75, 3.05) is 12.4 Å².